The molecule has 25 heavy (non-hydrogen) atoms. The van der Waals surface area contributed by atoms with Crippen LogP contribution in [0.3, 0.4) is 0 Å². The van der Waals surface area contributed by atoms with E-state index in [4.69, 9.17) is 4.42 Å². The van der Waals surface area contributed by atoms with Gasteiger partial charge in [-0.25, -0.2) is 13.4 Å². The Morgan fingerprint density at radius 1 is 1.44 bits per heavy atom. The number of sulfonamides is 1. The van der Waals surface area contributed by atoms with Gasteiger partial charge in [0.1, 0.15) is 12.3 Å². The maximum absolute atomic E-state index is 12.4. The van der Waals surface area contributed by atoms with Crippen LogP contribution in [0.1, 0.15) is 14.0 Å². The zero-order valence-electron chi connectivity index (χ0n) is 13.3. The lowest BCUT2D eigenvalue weighted by atomic mass is 10.3. The van der Waals surface area contributed by atoms with Gasteiger partial charge in [-0.05, 0) is 19.1 Å². The maximum atomic E-state index is 12.4. The van der Waals surface area contributed by atoms with E-state index in [0.29, 0.717) is 15.7 Å². The Morgan fingerprint density at radius 2 is 2.08 bits per heavy atom. The van der Waals surface area contributed by atoms with E-state index in [9.17, 15) is 26.4 Å². The molecule has 0 fully saturated rings. The molecule has 2 aromatic heterocycles. The normalized spacial score (nSPS) is 12.6. The molecule has 2 rings (SSSR count). The number of carbonyl (C=O) groups is 1. The molecule has 0 aliphatic heterocycles. The van der Waals surface area contributed by atoms with Crippen LogP contribution in [-0.4, -0.2) is 43.4 Å². The number of aryl methyl sites for hydroxylation is 1. The van der Waals surface area contributed by atoms with Crippen LogP contribution < -0.4 is 5.32 Å². The van der Waals surface area contributed by atoms with Crippen molar-refractivity contribution in [1.29, 1.82) is 0 Å². The Labute approximate surface area is 147 Å². The second-order valence-electron chi connectivity index (χ2n) is 5.11. The summed E-state index contributed by atoms with van der Waals surface area (Å²) >= 11 is 1.06. The van der Waals surface area contributed by atoms with E-state index < -0.39 is 27.8 Å². The fourth-order valence-electron chi connectivity index (χ4n) is 1.90. The molecule has 0 aliphatic rings. The fourth-order valence-corrected chi connectivity index (χ4v) is 3.93. The number of carbonyl (C=O) groups excluding carboxylic acids is 1. The van der Waals surface area contributed by atoms with Crippen LogP contribution in [0.4, 0.5) is 18.3 Å². The third-order valence-electron chi connectivity index (χ3n) is 2.95. The lowest BCUT2D eigenvalue weighted by Gasteiger charge is -2.16. The Morgan fingerprint density at radius 3 is 2.64 bits per heavy atom. The van der Waals surface area contributed by atoms with Crippen molar-refractivity contribution in [3.63, 3.8) is 0 Å². The summed E-state index contributed by atoms with van der Waals surface area (Å²) in [4.78, 5) is 15.6. The van der Waals surface area contributed by atoms with E-state index in [0.717, 1.165) is 24.5 Å². The zero-order valence-corrected chi connectivity index (χ0v) is 15.0. The molecule has 0 radical (unpaired) electrons. The number of alkyl halides is 3. The summed E-state index contributed by atoms with van der Waals surface area (Å²) in [5, 5.41) is 2.18. The summed E-state index contributed by atoms with van der Waals surface area (Å²) in [5.41, 5.74) is 0.482. The number of nitrogens with one attached hydrogen (secondary N) is 1. The summed E-state index contributed by atoms with van der Waals surface area (Å²) in [5.74, 6) is -0.192. The van der Waals surface area contributed by atoms with Crippen molar-refractivity contribution >= 4 is 32.4 Å². The third kappa shape index (κ3) is 4.58. The molecule has 0 atom stereocenters. The molecule has 7 nitrogen and oxygen atoms in total. The van der Waals surface area contributed by atoms with E-state index in [2.05, 4.69) is 10.3 Å². The number of amides is 1. The van der Waals surface area contributed by atoms with Crippen LogP contribution >= 0.6 is 11.3 Å². The van der Waals surface area contributed by atoms with Gasteiger partial charge in [-0.2, -0.15) is 17.5 Å². The van der Waals surface area contributed by atoms with Gasteiger partial charge in [-0.15, -0.1) is 0 Å². The minimum atomic E-state index is -4.67. The summed E-state index contributed by atoms with van der Waals surface area (Å²) in [6.45, 7) is 1.31. The van der Waals surface area contributed by atoms with Crippen LogP contribution in [0.15, 0.2) is 21.6 Å². The molecule has 0 aromatic carbocycles. The minimum absolute atomic E-state index is 0. The molecular formula is C13H16F3N3O4S2. The quantitative estimate of drug-likeness (QED) is 0.834. The largest absolute Gasteiger partial charge is 0.442 e. The first-order valence-corrected chi connectivity index (χ1v) is 9.04. The van der Waals surface area contributed by atoms with Gasteiger partial charge in [-0.3, -0.25) is 4.79 Å². The molecule has 0 aliphatic carbocycles. The number of furan rings is 1. The predicted octanol–water partition coefficient (Wildman–Crippen LogP) is 3.10. The lowest BCUT2D eigenvalue weighted by molar-refractivity contribution is -0.134. The molecule has 0 saturated heterocycles. The summed E-state index contributed by atoms with van der Waals surface area (Å²) in [7, 11) is -3.61. The van der Waals surface area contributed by atoms with Crippen molar-refractivity contribution in [3.05, 3.63) is 17.8 Å². The molecule has 2 aromatic rings. The third-order valence-corrected chi connectivity index (χ3v) is 5.72. The van der Waals surface area contributed by atoms with Gasteiger partial charge in [0.05, 0.1) is 10.6 Å². The molecule has 0 spiro atoms. The Kier molecular flexibility index (Phi) is 5.25. The number of nitrogens with zero attached hydrogens (tertiary/aromatic N) is 2. The number of aromatic nitrogens is 1. The monoisotopic (exact) mass is 399 g/mol. The van der Waals surface area contributed by atoms with E-state index >= 15 is 0 Å². The van der Waals surface area contributed by atoms with Gasteiger partial charge in [-0.1, -0.05) is 11.3 Å². The van der Waals surface area contributed by atoms with Gasteiger partial charge in [0, 0.05) is 15.4 Å². The minimum Gasteiger partial charge on any atom is -0.442 e. The van der Waals surface area contributed by atoms with E-state index in [1.165, 1.54) is 13.0 Å². The molecule has 12 heteroatoms. The van der Waals surface area contributed by atoms with Gasteiger partial charge in [0.25, 0.3) is 10.0 Å². The average Bonchev–Trinajstić information content (AvgIpc) is 3.03. The van der Waals surface area contributed by atoms with Crippen LogP contribution in [0, 0.1) is 6.92 Å². The lowest BCUT2D eigenvalue weighted by Crippen LogP contribution is -2.35. The highest BCUT2D eigenvalue weighted by molar-refractivity contribution is 7.89. The molecule has 1 N–H and O–H groups in total. The summed E-state index contributed by atoms with van der Waals surface area (Å²) in [6, 6.07) is 2.40. The second-order valence-corrected chi connectivity index (χ2v) is 8.08. The molecule has 2 heterocycles. The van der Waals surface area contributed by atoms with Crippen molar-refractivity contribution in [2.75, 3.05) is 18.9 Å². The first kappa shape index (κ1) is 19.4. The Balaban J connectivity index is 0.00000338. The van der Waals surface area contributed by atoms with Gasteiger partial charge in [0.15, 0.2) is 5.13 Å². The average molecular weight is 399 g/mol. The van der Waals surface area contributed by atoms with Crippen LogP contribution in [0.2, 0.25) is 0 Å². The first-order chi connectivity index (χ1) is 11.4. The SMILES string of the molecule is CC(=O)Nc1nc(C)c(-c2ccc(S(=O)(=O)N(C)CC(F)(F)F)o2)s1.[HH]. The predicted molar refractivity (Wildman–Crippen MR) is 86.8 cm³/mol. The highest BCUT2D eigenvalue weighted by atomic mass is 32.2. The van der Waals surface area contributed by atoms with E-state index in [-0.39, 0.29) is 17.4 Å². The van der Waals surface area contributed by atoms with Crippen molar-refractivity contribution in [2.24, 2.45) is 0 Å². The highest BCUT2D eigenvalue weighted by Gasteiger charge is 2.36. The molecular weight excluding hydrogens is 383 g/mol. The summed E-state index contributed by atoms with van der Waals surface area (Å²) in [6.07, 6.45) is -4.67. The Hall–Kier alpha value is -1.92. The van der Waals surface area contributed by atoms with Crippen LogP contribution in [-0.2, 0) is 14.8 Å². The molecule has 0 unspecified atom stereocenters. The molecule has 0 saturated carbocycles. The fraction of sp³-hybridized carbons (Fsp3) is 0.385. The highest BCUT2D eigenvalue weighted by Crippen LogP contribution is 2.35. The van der Waals surface area contributed by atoms with Gasteiger partial charge in [0.2, 0.25) is 11.0 Å². The second kappa shape index (κ2) is 6.77. The van der Waals surface area contributed by atoms with Crippen molar-refractivity contribution in [2.45, 2.75) is 25.1 Å². The first-order valence-electron chi connectivity index (χ1n) is 6.78. The van der Waals surface area contributed by atoms with Crippen LogP contribution in [0.25, 0.3) is 10.6 Å². The number of rotatable bonds is 5. The molecule has 140 valence electrons. The topological polar surface area (TPSA) is 92.5 Å². The molecule has 0 bridgehead atoms. The van der Waals surface area contributed by atoms with E-state index in [1.807, 2.05) is 0 Å². The number of halogens is 3. The van der Waals surface area contributed by atoms with Crippen LogP contribution in [0.5, 0.6) is 0 Å². The number of anilines is 1. The number of hydrogen-bond donors (Lipinski definition) is 1. The standard InChI is InChI=1S/C13H14F3N3O4S2.H2/c1-7-11(24-12(17-7)18-8(2)20)9-4-5-10(23-9)25(21,22)19(3)6-13(14,15)16;/h4-5H,6H2,1-3H3,(H,17,18,20);1H. The summed E-state index contributed by atoms with van der Waals surface area (Å²) < 4.78 is 66.9. The van der Waals surface area contributed by atoms with Gasteiger partial charge < -0.3 is 9.73 Å². The van der Waals surface area contributed by atoms with Gasteiger partial charge >= 0.3 is 6.18 Å². The maximum Gasteiger partial charge on any atom is 0.402 e. The van der Waals surface area contributed by atoms with Crippen molar-refractivity contribution in [1.82, 2.24) is 9.29 Å². The number of hydrogen-bond acceptors (Lipinski definition) is 6. The Bertz CT molecular complexity index is 893. The van der Waals surface area contributed by atoms with Crippen molar-refractivity contribution in [3.8, 4) is 10.6 Å². The smallest absolute Gasteiger partial charge is 0.402 e. The molecule has 1 amide bonds. The van der Waals surface area contributed by atoms with E-state index in [1.54, 1.807) is 6.92 Å². The zero-order chi connectivity index (χ0) is 19.0. The number of thiazole rings is 1. The van der Waals surface area contributed by atoms with Crippen molar-refractivity contribution < 1.29 is 32.2 Å².